The number of ether oxygens (including phenoxy) is 1. The average Bonchev–Trinajstić information content (AvgIpc) is 4.02. The quantitative estimate of drug-likeness (QED) is 0.0576. The lowest BCUT2D eigenvalue weighted by Crippen LogP contribution is -2.26. The Morgan fingerprint density at radius 2 is 1.52 bits per heavy atom. The summed E-state index contributed by atoms with van der Waals surface area (Å²) < 4.78 is 6.32. The van der Waals surface area contributed by atoms with Crippen LogP contribution in [0.1, 0.15) is 110 Å². The van der Waals surface area contributed by atoms with Gasteiger partial charge < -0.3 is 14.7 Å². The lowest BCUT2D eigenvalue weighted by atomic mass is 9.95. The second-order valence-electron chi connectivity index (χ2n) is 15.3. The standard InChI is InChI=1S/C51H43NO5S/c1-2-3-10-26-57-46-31-47(58-48(46)30-43-49(53)39-24-20-36(51(55)56)29-42(39)50(43)54)35-21-25-45-41(28-35)38-16-11-17-44(38)52(45)37-22-18-32(19-23-37)27-40(33-12-6-4-7-13-33)34-14-8-5-9-15-34/h4-9,12-15,18-25,27-31,38,44H,2-3,10-11,16-17,26H2,1H3,(H,55,56)/b43-30+. The molecule has 6 nitrogen and oxygen atoms in total. The van der Waals surface area contributed by atoms with E-state index in [0.29, 0.717) is 29.2 Å². The minimum Gasteiger partial charge on any atom is -0.492 e. The Morgan fingerprint density at radius 1 is 0.793 bits per heavy atom. The molecule has 58 heavy (non-hydrogen) atoms. The summed E-state index contributed by atoms with van der Waals surface area (Å²) in [5.74, 6) is -0.937. The van der Waals surface area contributed by atoms with E-state index in [4.69, 9.17) is 4.74 Å². The second-order valence-corrected chi connectivity index (χ2v) is 16.4. The highest BCUT2D eigenvalue weighted by Crippen LogP contribution is 2.53. The van der Waals surface area contributed by atoms with Gasteiger partial charge in [-0.1, -0.05) is 105 Å². The summed E-state index contributed by atoms with van der Waals surface area (Å²) in [5, 5.41) is 9.49. The zero-order valence-electron chi connectivity index (χ0n) is 32.3. The number of carbonyl (C=O) groups is 3. The topological polar surface area (TPSA) is 83.9 Å². The molecule has 1 aromatic heterocycles. The van der Waals surface area contributed by atoms with Crippen LogP contribution < -0.4 is 9.64 Å². The number of benzene rings is 5. The minimum atomic E-state index is -1.14. The van der Waals surface area contributed by atoms with Crippen LogP contribution in [0.4, 0.5) is 11.4 Å². The number of Topliss-reactive ketones (excluding diaryl/α,β-unsaturated/α-hetero) is 2. The van der Waals surface area contributed by atoms with Crippen molar-refractivity contribution in [3.8, 4) is 16.2 Å². The van der Waals surface area contributed by atoms with Gasteiger partial charge in [-0.15, -0.1) is 11.3 Å². The summed E-state index contributed by atoms with van der Waals surface area (Å²) in [6, 6.07) is 43.3. The fourth-order valence-corrected chi connectivity index (χ4v) is 9.85. The Kier molecular flexibility index (Phi) is 10.2. The van der Waals surface area contributed by atoms with Crippen molar-refractivity contribution in [3.63, 3.8) is 0 Å². The van der Waals surface area contributed by atoms with Crippen molar-refractivity contribution in [2.45, 2.75) is 57.4 Å². The Bertz CT molecular complexity index is 2560. The molecule has 0 spiro atoms. The van der Waals surface area contributed by atoms with Gasteiger partial charge in [-0.3, -0.25) is 9.59 Å². The maximum atomic E-state index is 13.5. The summed E-state index contributed by atoms with van der Waals surface area (Å²) in [4.78, 5) is 42.8. The molecule has 0 amide bonds. The molecule has 9 rings (SSSR count). The third-order valence-corrected chi connectivity index (χ3v) is 12.8. The lowest BCUT2D eigenvalue weighted by Gasteiger charge is -2.27. The van der Waals surface area contributed by atoms with Crippen LogP contribution in [0.3, 0.4) is 0 Å². The van der Waals surface area contributed by atoms with Crippen molar-refractivity contribution >= 4 is 58.0 Å². The van der Waals surface area contributed by atoms with Gasteiger partial charge in [0.1, 0.15) is 5.75 Å². The van der Waals surface area contributed by atoms with E-state index in [9.17, 15) is 19.5 Å². The van der Waals surface area contributed by atoms with Gasteiger partial charge in [-0.05, 0) is 113 Å². The Balaban J connectivity index is 1.03. The first-order chi connectivity index (χ1) is 28.4. The Labute approximate surface area is 342 Å². The number of carboxylic acids is 1. The number of nitrogens with zero attached hydrogens (tertiary/aromatic N) is 1. The predicted molar refractivity (Wildman–Crippen MR) is 234 cm³/mol. The van der Waals surface area contributed by atoms with E-state index in [0.717, 1.165) is 48.1 Å². The molecule has 2 heterocycles. The molecule has 1 saturated carbocycles. The van der Waals surface area contributed by atoms with Crippen molar-refractivity contribution in [2.24, 2.45) is 0 Å². The number of fused-ring (bicyclic) bond motifs is 4. The summed E-state index contributed by atoms with van der Waals surface area (Å²) in [5.41, 5.74) is 9.92. The first-order valence-electron chi connectivity index (χ1n) is 20.2. The molecular formula is C51H43NO5S. The zero-order chi connectivity index (χ0) is 39.8. The number of rotatable bonds is 12. The van der Waals surface area contributed by atoms with Crippen molar-refractivity contribution in [1.29, 1.82) is 0 Å². The normalized spacial score (nSPS) is 17.3. The molecule has 1 N–H and O–H groups in total. The van der Waals surface area contributed by atoms with Crippen LogP contribution in [0.25, 0.3) is 28.2 Å². The maximum Gasteiger partial charge on any atom is 0.335 e. The van der Waals surface area contributed by atoms with Gasteiger partial charge in [0, 0.05) is 39.3 Å². The highest BCUT2D eigenvalue weighted by molar-refractivity contribution is 7.16. The van der Waals surface area contributed by atoms with Crippen LogP contribution in [0, 0.1) is 0 Å². The zero-order valence-corrected chi connectivity index (χ0v) is 33.1. The Morgan fingerprint density at radius 3 is 2.22 bits per heavy atom. The van der Waals surface area contributed by atoms with E-state index in [2.05, 4.69) is 121 Å². The molecule has 0 bridgehead atoms. The number of ketones is 2. The number of carbonyl (C=O) groups excluding carboxylic acids is 2. The molecule has 0 saturated heterocycles. The molecule has 2 atom stereocenters. The molecule has 7 heteroatoms. The van der Waals surface area contributed by atoms with Crippen LogP contribution in [0.5, 0.6) is 5.75 Å². The molecular weight excluding hydrogens is 739 g/mol. The van der Waals surface area contributed by atoms with E-state index in [1.807, 2.05) is 6.07 Å². The Hall–Kier alpha value is -6.31. The summed E-state index contributed by atoms with van der Waals surface area (Å²) in [7, 11) is 0. The van der Waals surface area contributed by atoms with Gasteiger partial charge in [0.15, 0.2) is 11.6 Å². The van der Waals surface area contributed by atoms with Crippen LogP contribution in [-0.4, -0.2) is 35.3 Å². The molecule has 3 aliphatic rings. The highest BCUT2D eigenvalue weighted by Gasteiger charge is 2.42. The fourth-order valence-electron chi connectivity index (χ4n) is 8.81. The van der Waals surface area contributed by atoms with E-state index in [1.165, 1.54) is 69.6 Å². The van der Waals surface area contributed by atoms with Gasteiger partial charge in [0.05, 0.1) is 22.6 Å². The molecule has 1 aliphatic heterocycles. The van der Waals surface area contributed by atoms with Crippen LogP contribution in [0.15, 0.2) is 133 Å². The van der Waals surface area contributed by atoms with Crippen LogP contribution in [0.2, 0.25) is 0 Å². The van der Waals surface area contributed by atoms with E-state index in [1.54, 1.807) is 6.08 Å². The third kappa shape index (κ3) is 7.00. The lowest BCUT2D eigenvalue weighted by molar-refractivity contribution is 0.0696. The number of hydrogen-bond acceptors (Lipinski definition) is 6. The first kappa shape index (κ1) is 37.3. The molecule has 6 aromatic rings. The molecule has 2 aliphatic carbocycles. The van der Waals surface area contributed by atoms with E-state index >= 15 is 0 Å². The number of hydrogen-bond donors (Lipinski definition) is 1. The van der Waals surface area contributed by atoms with Crippen molar-refractivity contribution in [3.05, 3.63) is 177 Å². The van der Waals surface area contributed by atoms with Gasteiger partial charge >= 0.3 is 5.97 Å². The van der Waals surface area contributed by atoms with Crippen molar-refractivity contribution in [2.75, 3.05) is 11.5 Å². The summed E-state index contributed by atoms with van der Waals surface area (Å²) >= 11 is 1.51. The van der Waals surface area contributed by atoms with Crippen molar-refractivity contribution < 1.29 is 24.2 Å². The fraction of sp³-hybridized carbons (Fsp3) is 0.196. The SMILES string of the molecule is CCCCCOc1cc(-c2ccc3c(c2)C2CCCC2N3c2ccc(C=C(c3ccccc3)c3ccccc3)cc2)sc1/C=C1\C(=O)c2ccc(C(=O)O)cc2C1=O. The van der Waals surface area contributed by atoms with Crippen molar-refractivity contribution in [1.82, 2.24) is 0 Å². The number of unbranched alkanes of at least 4 members (excludes halogenated alkanes) is 2. The van der Waals surface area contributed by atoms with E-state index < -0.39 is 17.5 Å². The van der Waals surface area contributed by atoms with Gasteiger partial charge in [0.25, 0.3) is 0 Å². The van der Waals surface area contributed by atoms with E-state index in [-0.39, 0.29) is 22.3 Å². The maximum absolute atomic E-state index is 13.5. The number of thiophene rings is 1. The summed E-state index contributed by atoms with van der Waals surface area (Å²) in [6.07, 6.45) is 10.4. The molecule has 0 radical (unpaired) electrons. The third-order valence-electron chi connectivity index (χ3n) is 11.7. The summed E-state index contributed by atoms with van der Waals surface area (Å²) in [6.45, 7) is 2.68. The first-order valence-corrected chi connectivity index (χ1v) is 21.0. The average molecular weight is 782 g/mol. The van der Waals surface area contributed by atoms with Crippen LogP contribution >= 0.6 is 11.3 Å². The predicted octanol–water partition coefficient (Wildman–Crippen LogP) is 12.5. The van der Waals surface area contributed by atoms with Gasteiger partial charge in [0.2, 0.25) is 0 Å². The van der Waals surface area contributed by atoms with Gasteiger partial charge in [-0.25, -0.2) is 4.79 Å². The second kappa shape index (κ2) is 15.9. The highest BCUT2D eigenvalue weighted by atomic mass is 32.1. The number of allylic oxidation sites excluding steroid dienone is 1. The molecule has 1 fully saturated rings. The number of carboxylic acid groups (broad SMARTS) is 1. The molecule has 288 valence electrons. The smallest absolute Gasteiger partial charge is 0.335 e. The number of aromatic carboxylic acids is 1. The largest absolute Gasteiger partial charge is 0.492 e. The number of anilines is 2. The monoisotopic (exact) mass is 781 g/mol. The molecule has 5 aromatic carbocycles. The molecule has 2 unspecified atom stereocenters. The minimum absolute atomic E-state index is 0.0235. The van der Waals surface area contributed by atoms with Crippen LogP contribution in [-0.2, 0) is 0 Å². The van der Waals surface area contributed by atoms with Gasteiger partial charge in [-0.2, -0.15) is 0 Å².